The largest absolute Gasteiger partial charge is 0.462 e. The predicted molar refractivity (Wildman–Crippen MR) is 85.5 cm³/mol. The van der Waals surface area contributed by atoms with Gasteiger partial charge in [-0.3, -0.25) is 0 Å². The Balaban J connectivity index is 2.69. The number of hydrogen-bond acceptors (Lipinski definition) is 4. The van der Waals surface area contributed by atoms with E-state index in [9.17, 15) is 9.90 Å². The lowest BCUT2D eigenvalue weighted by Crippen LogP contribution is -2.04. The van der Waals surface area contributed by atoms with Gasteiger partial charge in [-0.25, -0.2) is 4.79 Å². The molecule has 0 radical (unpaired) electrons. The molecule has 1 unspecified atom stereocenters. The van der Waals surface area contributed by atoms with Crippen LogP contribution in [-0.4, -0.2) is 17.7 Å². The molecule has 0 fully saturated rings. The lowest BCUT2D eigenvalue weighted by atomic mass is 10.00. The molecule has 0 saturated heterocycles. The Morgan fingerprint density at radius 2 is 2.15 bits per heavy atom. The molecule has 0 aliphatic heterocycles. The average molecular weight is 357 g/mol. The summed E-state index contributed by atoms with van der Waals surface area (Å²) in [6.45, 7) is 6.00. The molecular formula is C15H17BrO3S. The summed E-state index contributed by atoms with van der Waals surface area (Å²) >= 11 is 4.92. The zero-order valence-corrected chi connectivity index (χ0v) is 14.1. The molecule has 1 aromatic carbocycles. The summed E-state index contributed by atoms with van der Waals surface area (Å²) in [6.07, 6.45) is 0.120. The molecule has 1 heterocycles. The van der Waals surface area contributed by atoms with E-state index in [0.29, 0.717) is 17.9 Å². The van der Waals surface area contributed by atoms with Crippen molar-refractivity contribution in [3.63, 3.8) is 0 Å². The summed E-state index contributed by atoms with van der Waals surface area (Å²) in [6, 6.07) is 3.83. The van der Waals surface area contributed by atoms with Crippen LogP contribution in [0.1, 0.15) is 47.2 Å². The molecular weight excluding hydrogens is 340 g/mol. The van der Waals surface area contributed by atoms with Gasteiger partial charge in [-0.05, 0) is 53.4 Å². The van der Waals surface area contributed by atoms with Crippen molar-refractivity contribution in [2.75, 3.05) is 6.61 Å². The monoisotopic (exact) mass is 356 g/mol. The van der Waals surface area contributed by atoms with Crippen molar-refractivity contribution in [2.24, 2.45) is 0 Å². The van der Waals surface area contributed by atoms with Gasteiger partial charge in [0.15, 0.2) is 0 Å². The quantitative estimate of drug-likeness (QED) is 0.814. The minimum Gasteiger partial charge on any atom is -0.462 e. The van der Waals surface area contributed by atoms with Crippen LogP contribution in [0.25, 0.3) is 10.1 Å². The molecule has 1 aromatic heterocycles. The third kappa shape index (κ3) is 2.62. The van der Waals surface area contributed by atoms with Gasteiger partial charge >= 0.3 is 5.97 Å². The maximum absolute atomic E-state index is 12.0. The van der Waals surface area contributed by atoms with Crippen LogP contribution in [0.3, 0.4) is 0 Å². The van der Waals surface area contributed by atoms with Crippen LogP contribution in [0.5, 0.6) is 0 Å². The van der Waals surface area contributed by atoms with E-state index in [0.717, 1.165) is 25.7 Å². The lowest BCUT2D eigenvalue weighted by Gasteiger charge is -2.11. The number of benzene rings is 1. The van der Waals surface area contributed by atoms with E-state index in [-0.39, 0.29) is 5.97 Å². The Morgan fingerprint density at radius 1 is 1.45 bits per heavy atom. The maximum Gasteiger partial charge on any atom is 0.348 e. The van der Waals surface area contributed by atoms with Crippen molar-refractivity contribution in [3.8, 4) is 0 Å². The number of carbonyl (C=O) groups is 1. The van der Waals surface area contributed by atoms with Gasteiger partial charge in [0.25, 0.3) is 0 Å². The van der Waals surface area contributed by atoms with E-state index in [1.54, 1.807) is 6.92 Å². The van der Waals surface area contributed by atoms with Crippen LogP contribution in [0.15, 0.2) is 16.6 Å². The average Bonchev–Trinajstić information content (AvgIpc) is 2.78. The van der Waals surface area contributed by atoms with Gasteiger partial charge < -0.3 is 9.84 Å². The number of aliphatic hydroxyl groups excluding tert-OH is 1. The number of ether oxygens (including phenoxy) is 1. The number of aryl methyl sites for hydroxylation is 1. The number of thiophene rings is 1. The van der Waals surface area contributed by atoms with Gasteiger partial charge in [-0.1, -0.05) is 13.0 Å². The standard InChI is InChI=1S/C15H17BrO3S/c1-4-11(17)9-6-7-10(16)14-12(9)8(3)13(20-14)15(18)19-5-2/h6-7,11,17H,4-5H2,1-3H3. The number of hydrogen-bond donors (Lipinski definition) is 1. The normalized spacial score (nSPS) is 12.7. The zero-order valence-electron chi connectivity index (χ0n) is 11.7. The minimum absolute atomic E-state index is 0.296. The second kappa shape index (κ2) is 6.24. The van der Waals surface area contributed by atoms with E-state index in [4.69, 9.17) is 4.74 Å². The summed E-state index contributed by atoms with van der Waals surface area (Å²) in [7, 11) is 0. The van der Waals surface area contributed by atoms with Gasteiger partial charge in [-0.2, -0.15) is 0 Å². The molecule has 0 aliphatic carbocycles. The minimum atomic E-state index is -0.519. The SMILES string of the molecule is CCOC(=O)c1sc2c(Br)ccc(C(O)CC)c2c1C. The zero-order chi connectivity index (χ0) is 14.9. The Bertz CT molecular complexity index is 648. The molecule has 2 aromatic rings. The van der Waals surface area contributed by atoms with Gasteiger partial charge in [0, 0.05) is 9.86 Å². The smallest absolute Gasteiger partial charge is 0.348 e. The number of carbonyl (C=O) groups excluding carboxylic acids is 1. The van der Waals surface area contributed by atoms with Gasteiger partial charge in [-0.15, -0.1) is 11.3 Å². The first-order valence-corrected chi connectivity index (χ1v) is 8.18. The summed E-state index contributed by atoms with van der Waals surface area (Å²) in [5.74, 6) is -0.296. The number of aliphatic hydroxyl groups is 1. The fourth-order valence-corrected chi connectivity index (χ4v) is 3.95. The summed E-state index contributed by atoms with van der Waals surface area (Å²) in [4.78, 5) is 12.6. The molecule has 0 saturated carbocycles. The van der Waals surface area contributed by atoms with Crippen LogP contribution in [0.2, 0.25) is 0 Å². The maximum atomic E-state index is 12.0. The molecule has 3 nitrogen and oxygen atoms in total. The van der Waals surface area contributed by atoms with Crippen molar-refractivity contribution in [1.82, 2.24) is 0 Å². The van der Waals surface area contributed by atoms with E-state index in [1.807, 2.05) is 26.0 Å². The van der Waals surface area contributed by atoms with Crippen LogP contribution in [-0.2, 0) is 4.74 Å². The molecule has 108 valence electrons. The second-order valence-corrected chi connectivity index (χ2v) is 6.42. The first-order valence-electron chi connectivity index (χ1n) is 6.57. The molecule has 20 heavy (non-hydrogen) atoms. The third-order valence-corrected chi connectivity index (χ3v) is 5.50. The number of rotatable bonds is 4. The molecule has 5 heteroatoms. The number of esters is 1. The topological polar surface area (TPSA) is 46.5 Å². The van der Waals surface area contributed by atoms with Crippen LogP contribution in [0.4, 0.5) is 0 Å². The predicted octanol–water partition coefficient (Wildman–Crippen LogP) is 4.59. The van der Waals surface area contributed by atoms with Crippen LogP contribution < -0.4 is 0 Å². The van der Waals surface area contributed by atoms with Crippen molar-refractivity contribution in [2.45, 2.75) is 33.3 Å². The fraction of sp³-hybridized carbons (Fsp3) is 0.400. The van der Waals surface area contributed by atoms with Gasteiger partial charge in [0.1, 0.15) is 4.88 Å². The highest BCUT2D eigenvalue weighted by Crippen LogP contribution is 2.40. The first-order chi connectivity index (χ1) is 9.51. The molecule has 0 bridgehead atoms. The van der Waals surface area contributed by atoms with E-state index < -0.39 is 6.10 Å². The van der Waals surface area contributed by atoms with Gasteiger partial charge in [0.2, 0.25) is 0 Å². The number of fused-ring (bicyclic) bond motifs is 1. The van der Waals surface area contributed by atoms with Crippen molar-refractivity contribution >= 4 is 43.3 Å². The van der Waals surface area contributed by atoms with E-state index in [1.165, 1.54) is 11.3 Å². The molecule has 0 spiro atoms. The Kier molecular flexibility index (Phi) is 4.83. The van der Waals surface area contributed by atoms with Gasteiger partial charge in [0.05, 0.1) is 17.4 Å². The van der Waals surface area contributed by atoms with Crippen molar-refractivity contribution < 1.29 is 14.6 Å². The highest BCUT2D eigenvalue weighted by Gasteiger charge is 2.22. The lowest BCUT2D eigenvalue weighted by molar-refractivity contribution is 0.0531. The number of halogens is 1. The summed E-state index contributed by atoms with van der Waals surface area (Å²) in [5, 5.41) is 11.1. The molecule has 1 N–H and O–H groups in total. The Morgan fingerprint density at radius 3 is 2.75 bits per heavy atom. The van der Waals surface area contributed by atoms with E-state index >= 15 is 0 Å². The Labute approximate surface area is 130 Å². The third-order valence-electron chi connectivity index (χ3n) is 3.27. The van der Waals surface area contributed by atoms with E-state index in [2.05, 4.69) is 15.9 Å². The molecule has 1 atom stereocenters. The summed E-state index contributed by atoms with van der Waals surface area (Å²) in [5.41, 5.74) is 1.75. The highest BCUT2D eigenvalue weighted by molar-refractivity contribution is 9.10. The fourth-order valence-electron chi connectivity index (χ4n) is 2.24. The van der Waals surface area contributed by atoms with Crippen LogP contribution in [0, 0.1) is 6.92 Å². The Hall–Kier alpha value is -0.910. The highest BCUT2D eigenvalue weighted by atomic mass is 79.9. The molecule has 2 rings (SSSR count). The summed E-state index contributed by atoms with van der Waals surface area (Å²) < 4.78 is 7.01. The second-order valence-electron chi connectivity index (χ2n) is 4.54. The van der Waals surface area contributed by atoms with Crippen molar-refractivity contribution in [3.05, 3.63) is 32.6 Å². The molecule has 0 aliphatic rings. The van der Waals surface area contributed by atoms with Crippen LogP contribution >= 0.6 is 27.3 Å². The van der Waals surface area contributed by atoms with Crippen molar-refractivity contribution in [1.29, 1.82) is 0 Å². The first kappa shape index (κ1) is 15.5. The molecule has 0 amide bonds.